The fourth-order valence-corrected chi connectivity index (χ4v) is 3.40. The van der Waals surface area contributed by atoms with Gasteiger partial charge in [0.25, 0.3) is 5.92 Å². The molecule has 148 valence electrons. The molecule has 0 spiro atoms. The first kappa shape index (κ1) is 20.7. The molecule has 0 bridgehead atoms. The molecule has 0 radical (unpaired) electrons. The molecule has 0 aromatic carbocycles. The highest BCUT2D eigenvalue weighted by Crippen LogP contribution is 2.37. The number of nitrogens with one attached hydrogen (secondary N) is 2. The van der Waals surface area contributed by atoms with Gasteiger partial charge in [0.2, 0.25) is 10.0 Å². The highest BCUT2D eigenvalue weighted by molar-refractivity contribution is 7.90. The van der Waals surface area contributed by atoms with Crippen LogP contribution in [-0.2, 0) is 16.2 Å². The molecule has 1 fully saturated rings. The van der Waals surface area contributed by atoms with E-state index < -0.39 is 57.5 Å². The summed E-state index contributed by atoms with van der Waals surface area (Å²) >= 11 is 0. The van der Waals surface area contributed by atoms with Crippen LogP contribution < -0.4 is 10.0 Å². The number of sulfonamides is 1. The zero-order chi connectivity index (χ0) is 20.0. The normalized spacial score (nSPS) is 23.8. The van der Waals surface area contributed by atoms with Crippen LogP contribution in [-0.4, -0.2) is 41.1 Å². The Morgan fingerprint density at radius 3 is 2.12 bits per heavy atom. The summed E-state index contributed by atoms with van der Waals surface area (Å²) in [6.45, 7) is 4.27. The molecule has 0 saturated heterocycles. The Bertz CT molecular complexity index is 744. The highest BCUT2D eigenvalue weighted by atomic mass is 32.2. The first-order chi connectivity index (χ1) is 11.6. The lowest BCUT2D eigenvalue weighted by molar-refractivity contribution is -0.141. The minimum absolute atomic E-state index is 0.152. The van der Waals surface area contributed by atoms with E-state index in [0.717, 1.165) is 6.20 Å². The van der Waals surface area contributed by atoms with Gasteiger partial charge in [-0.15, -0.1) is 0 Å². The molecule has 12 heteroatoms. The van der Waals surface area contributed by atoms with Gasteiger partial charge >= 0.3 is 6.18 Å². The minimum atomic E-state index is -4.67. The van der Waals surface area contributed by atoms with Crippen LogP contribution in [0, 0.1) is 0 Å². The lowest BCUT2D eigenvalue weighted by Crippen LogP contribution is -2.49. The first-order valence-corrected chi connectivity index (χ1v) is 9.14. The average Bonchev–Trinajstić information content (AvgIpc) is 2.70. The lowest BCUT2D eigenvalue weighted by atomic mass is 10.2. The van der Waals surface area contributed by atoms with Crippen molar-refractivity contribution in [1.82, 2.24) is 14.7 Å². The van der Waals surface area contributed by atoms with Gasteiger partial charge in [0, 0.05) is 24.9 Å². The molecule has 2 N–H and O–H groups in total. The zero-order valence-corrected chi connectivity index (χ0v) is 15.0. The monoisotopic (exact) mass is 402 g/mol. The first-order valence-electron chi connectivity index (χ1n) is 7.66. The number of rotatable bonds is 4. The third kappa shape index (κ3) is 4.78. The summed E-state index contributed by atoms with van der Waals surface area (Å²) in [5.41, 5.74) is -1.22. The molecule has 1 aromatic rings. The van der Waals surface area contributed by atoms with Gasteiger partial charge in [0.05, 0.1) is 17.1 Å². The Morgan fingerprint density at radius 2 is 1.65 bits per heavy atom. The van der Waals surface area contributed by atoms with E-state index in [1.807, 2.05) is 0 Å². The third-order valence-corrected chi connectivity index (χ3v) is 6.14. The summed E-state index contributed by atoms with van der Waals surface area (Å²) in [6.07, 6.45) is -4.84. The molecule has 6 nitrogen and oxygen atoms in total. The molecule has 1 aromatic heterocycles. The van der Waals surface area contributed by atoms with Crippen molar-refractivity contribution in [3.05, 3.63) is 18.1 Å². The van der Waals surface area contributed by atoms with Crippen LogP contribution in [0.2, 0.25) is 0 Å². The van der Waals surface area contributed by atoms with E-state index >= 15 is 0 Å². The molecule has 2 unspecified atom stereocenters. The maximum atomic E-state index is 13.8. The van der Waals surface area contributed by atoms with E-state index in [4.69, 9.17) is 0 Å². The fourth-order valence-electron chi connectivity index (χ4n) is 2.40. The summed E-state index contributed by atoms with van der Waals surface area (Å²) in [5, 5.41) is 2.55. The molecular formula is C14H19F5N4O2S. The Balaban J connectivity index is 2.18. The van der Waals surface area contributed by atoms with Crippen LogP contribution >= 0.6 is 0 Å². The van der Waals surface area contributed by atoms with E-state index in [9.17, 15) is 30.4 Å². The van der Waals surface area contributed by atoms with Crippen molar-refractivity contribution >= 4 is 15.8 Å². The Hall–Kier alpha value is -1.56. The number of anilines is 1. The number of alkyl halides is 5. The summed E-state index contributed by atoms with van der Waals surface area (Å²) in [5.74, 6) is -3.28. The zero-order valence-electron chi connectivity index (χ0n) is 14.2. The molecule has 26 heavy (non-hydrogen) atoms. The number of aromatic nitrogens is 2. The van der Waals surface area contributed by atoms with Crippen molar-refractivity contribution < 1.29 is 30.4 Å². The van der Waals surface area contributed by atoms with Gasteiger partial charge in [0.15, 0.2) is 5.69 Å². The Morgan fingerprint density at radius 1 is 1.08 bits per heavy atom. The van der Waals surface area contributed by atoms with Gasteiger partial charge in [-0.1, -0.05) is 0 Å². The number of hydrogen-bond donors (Lipinski definition) is 2. The van der Waals surface area contributed by atoms with Crippen LogP contribution in [0.25, 0.3) is 0 Å². The second-order valence-electron chi connectivity index (χ2n) is 7.14. The van der Waals surface area contributed by atoms with Gasteiger partial charge in [-0.25, -0.2) is 31.9 Å². The lowest BCUT2D eigenvalue weighted by Gasteiger charge is -2.26. The van der Waals surface area contributed by atoms with Gasteiger partial charge in [-0.2, -0.15) is 13.2 Å². The summed E-state index contributed by atoms with van der Waals surface area (Å²) in [6, 6.07) is -2.19. The molecule has 1 aliphatic rings. The van der Waals surface area contributed by atoms with Gasteiger partial charge in [-0.3, -0.25) is 0 Å². The Kier molecular flexibility index (Phi) is 5.23. The largest absolute Gasteiger partial charge is 0.434 e. The van der Waals surface area contributed by atoms with E-state index in [1.165, 1.54) is 20.8 Å². The smallest absolute Gasteiger partial charge is 0.364 e. The maximum absolute atomic E-state index is 13.8. The SMILES string of the molecule is CC(C)(C)S(=O)(=O)NC1CC(F)(F)CC1Nc1cnc(C(F)(F)F)cn1. The highest BCUT2D eigenvalue weighted by Gasteiger charge is 2.49. The van der Waals surface area contributed by atoms with Crippen molar-refractivity contribution in [3.63, 3.8) is 0 Å². The van der Waals surface area contributed by atoms with E-state index in [2.05, 4.69) is 20.0 Å². The van der Waals surface area contributed by atoms with Gasteiger partial charge < -0.3 is 5.32 Å². The van der Waals surface area contributed by atoms with E-state index in [1.54, 1.807) is 0 Å². The van der Waals surface area contributed by atoms with Crippen molar-refractivity contribution in [3.8, 4) is 0 Å². The Labute approximate surface area is 147 Å². The van der Waals surface area contributed by atoms with Crippen LogP contribution in [0.15, 0.2) is 12.4 Å². The maximum Gasteiger partial charge on any atom is 0.434 e. The van der Waals surface area contributed by atoms with Gasteiger partial charge in [0.1, 0.15) is 5.82 Å². The predicted octanol–water partition coefficient (Wildman–Crippen LogP) is 2.79. The quantitative estimate of drug-likeness (QED) is 0.757. The van der Waals surface area contributed by atoms with Crippen molar-refractivity contribution in [2.24, 2.45) is 0 Å². The third-order valence-electron chi connectivity index (χ3n) is 3.91. The number of nitrogens with zero attached hydrogens (tertiary/aromatic N) is 2. The van der Waals surface area contributed by atoms with Crippen LogP contribution in [0.1, 0.15) is 39.3 Å². The molecule has 1 aliphatic carbocycles. The second-order valence-corrected chi connectivity index (χ2v) is 9.61. The summed E-state index contributed by atoms with van der Waals surface area (Å²) in [7, 11) is -3.89. The molecular weight excluding hydrogens is 383 g/mol. The number of halogens is 5. The molecule has 2 rings (SSSR count). The van der Waals surface area contributed by atoms with Crippen molar-refractivity contribution in [2.75, 3.05) is 5.32 Å². The van der Waals surface area contributed by atoms with E-state index in [-0.39, 0.29) is 5.82 Å². The molecule has 2 atom stereocenters. The predicted molar refractivity (Wildman–Crippen MR) is 84.2 cm³/mol. The average molecular weight is 402 g/mol. The van der Waals surface area contributed by atoms with Crippen LogP contribution in [0.3, 0.4) is 0 Å². The van der Waals surface area contributed by atoms with Crippen molar-refractivity contribution in [1.29, 1.82) is 0 Å². The molecule has 0 aliphatic heterocycles. The topological polar surface area (TPSA) is 84.0 Å². The van der Waals surface area contributed by atoms with E-state index in [0.29, 0.717) is 6.20 Å². The standard InChI is InChI=1S/C14H19F5N4O2S/c1-12(2,3)26(24,25)23-9-5-13(15,16)4-8(9)22-11-7-20-10(6-21-11)14(17,18)19/h6-9,23H,4-5H2,1-3H3,(H,21,22). The van der Waals surface area contributed by atoms with Gasteiger partial charge in [-0.05, 0) is 20.8 Å². The molecule has 1 saturated carbocycles. The summed E-state index contributed by atoms with van der Waals surface area (Å²) in [4.78, 5) is 6.71. The minimum Gasteiger partial charge on any atom is -0.364 e. The van der Waals surface area contributed by atoms with Crippen LogP contribution in [0.5, 0.6) is 0 Å². The van der Waals surface area contributed by atoms with Crippen molar-refractivity contribution in [2.45, 2.75) is 62.5 Å². The number of hydrogen-bond acceptors (Lipinski definition) is 5. The molecule has 1 heterocycles. The second kappa shape index (κ2) is 6.55. The summed E-state index contributed by atoms with van der Waals surface area (Å²) < 4.78 is 90.5. The fraction of sp³-hybridized carbons (Fsp3) is 0.714. The van der Waals surface area contributed by atoms with Crippen LogP contribution in [0.4, 0.5) is 27.8 Å². The molecule has 0 amide bonds.